The van der Waals surface area contributed by atoms with Crippen LogP contribution in [-0.2, 0) is 43.5 Å². The summed E-state index contributed by atoms with van der Waals surface area (Å²) in [7, 11) is 0. The third-order valence-corrected chi connectivity index (χ3v) is 12.9. The van der Waals surface area contributed by atoms with Gasteiger partial charge in [0.05, 0.1) is 0 Å². The summed E-state index contributed by atoms with van der Waals surface area (Å²) in [5, 5.41) is 0. The zero-order valence-electron chi connectivity index (χ0n) is 35.2. The van der Waals surface area contributed by atoms with Gasteiger partial charge in [-0.25, -0.2) is 12.2 Å². The third-order valence-electron chi connectivity index (χ3n) is 11.0. The van der Waals surface area contributed by atoms with E-state index in [4.69, 9.17) is 0 Å². The van der Waals surface area contributed by atoms with Gasteiger partial charge < -0.3 is 24.8 Å². The van der Waals surface area contributed by atoms with Crippen LogP contribution in [-0.4, -0.2) is 3.21 Å². The first kappa shape index (κ1) is 49.7. The number of hydrogen-bond acceptors (Lipinski definition) is 0. The second-order valence-corrected chi connectivity index (χ2v) is 19.2. The zero-order chi connectivity index (χ0) is 40.9. The van der Waals surface area contributed by atoms with Crippen molar-refractivity contribution in [3.8, 4) is 33.4 Å². The Morgan fingerprint density at radius 3 is 1.63 bits per heavy atom. The van der Waals surface area contributed by atoms with Crippen LogP contribution < -0.4 is 24.8 Å². The second-order valence-electron chi connectivity index (χ2n) is 15.6. The van der Waals surface area contributed by atoms with E-state index < -0.39 is 0 Å². The van der Waals surface area contributed by atoms with E-state index in [1.165, 1.54) is 117 Å². The molecule has 0 bridgehead atoms. The van der Waals surface area contributed by atoms with E-state index in [9.17, 15) is 0 Å². The molecule has 0 N–H and O–H groups in total. The second kappa shape index (κ2) is 25.3. The fourth-order valence-electron chi connectivity index (χ4n) is 8.02. The van der Waals surface area contributed by atoms with Gasteiger partial charge in [-0.3, -0.25) is 6.08 Å². The predicted octanol–water partition coefficient (Wildman–Crippen LogP) is 10.2. The Morgan fingerprint density at radius 2 is 1.15 bits per heavy atom. The molecule has 0 nitrogen and oxygen atoms in total. The number of halogens is 4. The van der Waals surface area contributed by atoms with Gasteiger partial charge in [-0.1, -0.05) is 142 Å². The zero-order valence-corrected chi connectivity index (χ0v) is 42.3. The summed E-state index contributed by atoms with van der Waals surface area (Å²) in [6.45, 7) is 9.36. The van der Waals surface area contributed by atoms with Crippen LogP contribution in [0.5, 0.6) is 0 Å². The average molecular weight is 1040 g/mol. The molecule has 2 aliphatic carbocycles. The van der Waals surface area contributed by atoms with E-state index in [0.29, 0.717) is 11.8 Å². The maximum absolute atomic E-state index is 3.93. The first-order chi connectivity index (χ1) is 28.2. The Bertz CT molecular complexity index is 2150. The van der Waals surface area contributed by atoms with Crippen molar-refractivity contribution in [1.82, 2.24) is 0 Å². The molecule has 5 heteroatoms. The summed E-state index contributed by atoms with van der Waals surface area (Å²) in [5.74, 6) is 1.05. The molecule has 8 rings (SSSR count). The molecule has 308 valence electrons. The Labute approximate surface area is 404 Å². The molecular formula is C55H54Br2Cl2Zr-2. The van der Waals surface area contributed by atoms with Gasteiger partial charge in [0.15, 0.2) is 0 Å². The number of fused-ring (bicyclic) bond motifs is 3. The molecule has 0 saturated heterocycles. The van der Waals surface area contributed by atoms with Crippen LogP contribution in [0.25, 0.3) is 33.4 Å². The van der Waals surface area contributed by atoms with Crippen molar-refractivity contribution in [2.75, 3.05) is 0 Å². The molecule has 0 fully saturated rings. The SMILES string of the molecule is Brc1ccc(C[C](=[Zr+2])Cc2ccc(Br)cc2)cc1.CCCC(C)c1cc2c([c-]c1-c1ccccc1)Cc1cc(-c3ccccc3)c(C(C)CCC)cc1-2.[C-]1=CC=CC1.[Cl-].[Cl-]. The van der Waals surface area contributed by atoms with Gasteiger partial charge in [0, 0.05) is 0 Å². The smallest absolute Gasteiger partial charge is 0.0147 e. The minimum atomic E-state index is 0. The van der Waals surface area contributed by atoms with Gasteiger partial charge >= 0.3 is 141 Å². The van der Waals surface area contributed by atoms with Crippen molar-refractivity contribution in [3.63, 3.8) is 0 Å². The Morgan fingerprint density at radius 1 is 0.633 bits per heavy atom. The molecule has 2 aliphatic rings. The van der Waals surface area contributed by atoms with Crippen LogP contribution in [0.2, 0.25) is 0 Å². The quantitative estimate of drug-likeness (QED) is 0.107. The minimum absolute atomic E-state index is 0. The first-order valence-corrected chi connectivity index (χ1v) is 23.7. The maximum atomic E-state index is 3.93. The standard InChI is InChI=1S/C35H37.C15H12Br2.C5H5.2ClH.Zr/c1-5-13-24(3)30-22-34-28(20-32(30)26-15-9-7-10-16-26)19-29-21-33(27-17-11-8-12-18-27)31(23-35(29)34)25(4)14-6-2;16-14-8-4-12(5-9-14)2-1-3-13-6-10-15(17)11-7-13;1-2-4-5-3-1;;;/h7-12,15-18,20,22-25H,5-6,13-14,19H2,1-4H3;4-11H,2-3H2;1-3H,4H2;2*1H;/q-1;;-1;;;+2/p-2. The van der Waals surface area contributed by atoms with Crippen molar-refractivity contribution in [1.29, 1.82) is 0 Å². The van der Waals surface area contributed by atoms with E-state index in [-0.39, 0.29) is 24.8 Å². The molecule has 6 aromatic rings. The maximum Gasteiger partial charge on any atom is -0.0147 e. The number of allylic oxidation sites excluding steroid dienone is 4. The summed E-state index contributed by atoms with van der Waals surface area (Å²) >= 11 is 8.46. The van der Waals surface area contributed by atoms with Gasteiger partial charge in [0.25, 0.3) is 0 Å². The van der Waals surface area contributed by atoms with Crippen molar-refractivity contribution in [2.45, 2.75) is 90.9 Å². The van der Waals surface area contributed by atoms with Gasteiger partial charge in [0.2, 0.25) is 0 Å². The van der Waals surface area contributed by atoms with Crippen LogP contribution in [0.4, 0.5) is 0 Å². The fourth-order valence-corrected chi connectivity index (χ4v) is 9.55. The summed E-state index contributed by atoms with van der Waals surface area (Å²) in [6.07, 6.45) is 17.9. The molecular weight excluding hydrogens is 983 g/mol. The van der Waals surface area contributed by atoms with Crippen LogP contribution >= 0.6 is 31.9 Å². The van der Waals surface area contributed by atoms with Crippen molar-refractivity contribution in [2.24, 2.45) is 0 Å². The fraction of sp³-hybridized carbons (Fsp3) is 0.255. The van der Waals surface area contributed by atoms with Crippen LogP contribution in [0, 0.1) is 12.1 Å². The Kier molecular flexibility index (Phi) is 20.9. The largest absolute Gasteiger partial charge is 1.00 e. The molecule has 0 saturated carbocycles. The molecule has 0 heterocycles. The average Bonchev–Trinajstić information content (AvgIpc) is 3.95. The van der Waals surface area contributed by atoms with E-state index >= 15 is 0 Å². The Balaban J connectivity index is 0.000000265. The monoisotopic (exact) mass is 1030 g/mol. The summed E-state index contributed by atoms with van der Waals surface area (Å²) < 4.78 is 3.86. The van der Waals surface area contributed by atoms with Crippen LogP contribution in [0.15, 0.2) is 155 Å². The summed E-state index contributed by atoms with van der Waals surface area (Å²) in [6, 6.07) is 50.5. The molecule has 0 aliphatic heterocycles. The van der Waals surface area contributed by atoms with Gasteiger partial charge in [-0.05, 0) is 41.0 Å². The number of rotatable bonds is 12. The van der Waals surface area contributed by atoms with Crippen LogP contribution in [0.3, 0.4) is 0 Å². The summed E-state index contributed by atoms with van der Waals surface area (Å²) in [5.41, 5.74) is 16.7. The molecule has 0 aromatic heterocycles. The third kappa shape index (κ3) is 13.8. The minimum Gasteiger partial charge on any atom is -1.00 e. The molecule has 0 radical (unpaired) electrons. The normalized spacial score (nSPS) is 12.7. The topological polar surface area (TPSA) is 0 Å². The first-order valence-electron chi connectivity index (χ1n) is 20.9. The summed E-state index contributed by atoms with van der Waals surface area (Å²) in [4.78, 5) is 0. The van der Waals surface area contributed by atoms with E-state index in [1.54, 1.807) is 3.21 Å². The van der Waals surface area contributed by atoms with Gasteiger partial charge in [0.1, 0.15) is 0 Å². The molecule has 2 unspecified atom stereocenters. The van der Waals surface area contributed by atoms with E-state index in [2.05, 4.69) is 205 Å². The van der Waals surface area contributed by atoms with E-state index in [1.807, 2.05) is 12.2 Å². The molecule has 6 aromatic carbocycles. The molecule has 0 amide bonds. The number of hydrogen-bond donors (Lipinski definition) is 0. The van der Waals surface area contributed by atoms with Gasteiger partial charge in [-0.15, -0.1) is 35.2 Å². The van der Waals surface area contributed by atoms with Crippen LogP contribution in [0.1, 0.15) is 105 Å². The van der Waals surface area contributed by atoms with Crippen molar-refractivity contribution < 1.29 is 49.0 Å². The molecule has 2 atom stereocenters. The van der Waals surface area contributed by atoms with Gasteiger partial charge in [-0.2, -0.15) is 6.08 Å². The number of benzene rings is 6. The van der Waals surface area contributed by atoms with E-state index in [0.717, 1.165) is 34.6 Å². The molecule has 60 heavy (non-hydrogen) atoms. The van der Waals surface area contributed by atoms with Crippen molar-refractivity contribution in [3.05, 3.63) is 200 Å². The predicted molar refractivity (Wildman–Crippen MR) is 253 cm³/mol. The van der Waals surface area contributed by atoms with Crippen molar-refractivity contribution >= 4 is 35.1 Å². The molecule has 0 spiro atoms. The Hall–Kier alpha value is -2.91.